The van der Waals surface area contributed by atoms with Gasteiger partial charge in [0.1, 0.15) is 0 Å². The molecule has 0 radical (unpaired) electrons. The molecule has 100 valence electrons. The van der Waals surface area contributed by atoms with Crippen LogP contribution in [0.5, 0.6) is 0 Å². The molecule has 2 rings (SSSR count). The van der Waals surface area contributed by atoms with Crippen LogP contribution in [0.3, 0.4) is 0 Å². The average molecular weight is 247 g/mol. The van der Waals surface area contributed by atoms with Gasteiger partial charge in [-0.3, -0.25) is 0 Å². The van der Waals surface area contributed by atoms with Gasteiger partial charge in [-0.05, 0) is 49.3 Å². The Morgan fingerprint density at radius 2 is 1.72 bits per heavy atom. The van der Waals surface area contributed by atoms with Gasteiger partial charge in [-0.1, -0.05) is 32.0 Å². The minimum absolute atomic E-state index is 0.0895. The molecule has 0 fully saturated rings. The highest BCUT2D eigenvalue weighted by Gasteiger charge is 2.18. The molecule has 0 amide bonds. The van der Waals surface area contributed by atoms with E-state index in [0.717, 1.165) is 5.56 Å². The first kappa shape index (κ1) is 13.6. The SMILES string of the molecule is CC(C)N[C@H](C)[C@H](O)c1ccc2c(c1)CCCC2. The highest BCUT2D eigenvalue weighted by molar-refractivity contribution is 5.35. The van der Waals surface area contributed by atoms with Gasteiger partial charge in [0.2, 0.25) is 0 Å². The second kappa shape index (κ2) is 5.85. The van der Waals surface area contributed by atoms with Crippen LogP contribution in [0.2, 0.25) is 0 Å². The highest BCUT2D eigenvalue weighted by atomic mass is 16.3. The van der Waals surface area contributed by atoms with Crippen molar-refractivity contribution in [1.82, 2.24) is 5.32 Å². The molecule has 0 bridgehead atoms. The van der Waals surface area contributed by atoms with Crippen molar-refractivity contribution in [2.75, 3.05) is 0 Å². The number of aliphatic hydroxyl groups is 1. The van der Waals surface area contributed by atoms with Gasteiger partial charge in [0.25, 0.3) is 0 Å². The first-order valence-corrected chi connectivity index (χ1v) is 7.13. The molecule has 1 aromatic carbocycles. The van der Waals surface area contributed by atoms with Gasteiger partial charge in [-0.15, -0.1) is 0 Å². The molecule has 0 saturated carbocycles. The van der Waals surface area contributed by atoms with Crippen LogP contribution in [0.15, 0.2) is 18.2 Å². The molecule has 0 heterocycles. The maximum Gasteiger partial charge on any atom is 0.0940 e. The van der Waals surface area contributed by atoms with E-state index < -0.39 is 6.10 Å². The number of hydrogen-bond donors (Lipinski definition) is 2. The molecule has 1 aliphatic carbocycles. The summed E-state index contributed by atoms with van der Waals surface area (Å²) in [6.45, 7) is 6.26. The fraction of sp³-hybridized carbons (Fsp3) is 0.625. The third-order valence-electron chi connectivity index (χ3n) is 3.78. The van der Waals surface area contributed by atoms with E-state index in [0.29, 0.717) is 6.04 Å². The quantitative estimate of drug-likeness (QED) is 0.857. The first-order chi connectivity index (χ1) is 8.58. The van der Waals surface area contributed by atoms with Crippen LogP contribution < -0.4 is 5.32 Å². The third-order valence-corrected chi connectivity index (χ3v) is 3.78. The van der Waals surface area contributed by atoms with E-state index in [1.807, 2.05) is 6.92 Å². The molecule has 0 aliphatic heterocycles. The molecular formula is C16H25NO. The van der Waals surface area contributed by atoms with E-state index in [4.69, 9.17) is 0 Å². The van der Waals surface area contributed by atoms with Crippen molar-refractivity contribution in [3.05, 3.63) is 34.9 Å². The summed E-state index contributed by atoms with van der Waals surface area (Å²) in [6, 6.07) is 6.99. The van der Waals surface area contributed by atoms with E-state index in [2.05, 4.69) is 37.4 Å². The van der Waals surface area contributed by atoms with Gasteiger partial charge < -0.3 is 10.4 Å². The Bertz CT molecular complexity index is 400. The van der Waals surface area contributed by atoms with E-state index in [9.17, 15) is 5.11 Å². The van der Waals surface area contributed by atoms with Gasteiger partial charge in [0.05, 0.1) is 6.10 Å². The zero-order chi connectivity index (χ0) is 13.1. The number of benzene rings is 1. The van der Waals surface area contributed by atoms with Crippen LogP contribution in [0.25, 0.3) is 0 Å². The molecule has 1 aromatic rings. The van der Waals surface area contributed by atoms with Crippen LogP contribution in [-0.2, 0) is 12.8 Å². The number of nitrogens with one attached hydrogen (secondary N) is 1. The number of rotatable bonds is 4. The molecule has 2 heteroatoms. The summed E-state index contributed by atoms with van der Waals surface area (Å²) >= 11 is 0. The van der Waals surface area contributed by atoms with Crippen LogP contribution in [0.4, 0.5) is 0 Å². The first-order valence-electron chi connectivity index (χ1n) is 7.13. The van der Waals surface area contributed by atoms with Crippen molar-refractivity contribution in [3.63, 3.8) is 0 Å². The molecule has 0 aromatic heterocycles. The lowest BCUT2D eigenvalue weighted by Crippen LogP contribution is -2.37. The molecule has 2 nitrogen and oxygen atoms in total. The Kier molecular flexibility index (Phi) is 4.41. The fourth-order valence-corrected chi connectivity index (χ4v) is 2.84. The van der Waals surface area contributed by atoms with Crippen molar-refractivity contribution in [2.24, 2.45) is 0 Å². The zero-order valence-corrected chi connectivity index (χ0v) is 11.7. The van der Waals surface area contributed by atoms with Gasteiger partial charge >= 0.3 is 0 Å². The Balaban J connectivity index is 2.12. The van der Waals surface area contributed by atoms with Crippen molar-refractivity contribution in [1.29, 1.82) is 0 Å². The lowest BCUT2D eigenvalue weighted by molar-refractivity contribution is 0.131. The second-order valence-electron chi connectivity index (χ2n) is 5.79. The smallest absolute Gasteiger partial charge is 0.0940 e. The summed E-state index contributed by atoms with van der Waals surface area (Å²) < 4.78 is 0. The van der Waals surface area contributed by atoms with E-state index in [1.54, 1.807) is 0 Å². The minimum atomic E-state index is -0.417. The number of fused-ring (bicyclic) bond motifs is 1. The fourth-order valence-electron chi connectivity index (χ4n) is 2.84. The number of aliphatic hydroxyl groups excluding tert-OH is 1. The molecular weight excluding hydrogens is 222 g/mol. The largest absolute Gasteiger partial charge is 0.387 e. The summed E-state index contributed by atoms with van der Waals surface area (Å²) in [6.07, 6.45) is 4.54. The highest BCUT2D eigenvalue weighted by Crippen LogP contribution is 2.26. The normalized spacial score (nSPS) is 18.5. The van der Waals surface area contributed by atoms with Crippen LogP contribution in [-0.4, -0.2) is 17.2 Å². The maximum absolute atomic E-state index is 10.4. The van der Waals surface area contributed by atoms with Gasteiger partial charge in [0, 0.05) is 12.1 Å². The van der Waals surface area contributed by atoms with Crippen LogP contribution in [0.1, 0.15) is 56.4 Å². The van der Waals surface area contributed by atoms with Crippen LogP contribution in [0, 0.1) is 0 Å². The summed E-state index contributed by atoms with van der Waals surface area (Å²) in [5.41, 5.74) is 3.97. The van der Waals surface area contributed by atoms with Crippen molar-refractivity contribution >= 4 is 0 Å². The standard InChI is InChI=1S/C16H25NO/c1-11(2)17-12(3)16(18)15-9-8-13-6-4-5-7-14(13)10-15/h8-12,16-18H,4-7H2,1-3H3/t12-,16+/m1/s1. The van der Waals surface area contributed by atoms with Crippen molar-refractivity contribution < 1.29 is 5.11 Å². The molecule has 18 heavy (non-hydrogen) atoms. The van der Waals surface area contributed by atoms with Gasteiger partial charge in [-0.2, -0.15) is 0 Å². The minimum Gasteiger partial charge on any atom is -0.387 e. The zero-order valence-electron chi connectivity index (χ0n) is 11.7. The molecule has 0 saturated heterocycles. The van der Waals surface area contributed by atoms with Gasteiger partial charge in [0.15, 0.2) is 0 Å². The van der Waals surface area contributed by atoms with E-state index in [1.165, 1.54) is 36.8 Å². The van der Waals surface area contributed by atoms with Crippen molar-refractivity contribution in [2.45, 2.75) is 64.6 Å². The molecule has 2 atom stereocenters. The predicted octanol–water partition coefficient (Wildman–Crippen LogP) is 2.99. The summed E-state index contributed by atoms with van der Waals surface area (Å²) in [4.78, 5) is 0. The predicted molar refractivity (Wildman–Crippen MR) is 75.8 cm³/mol. The third kappa shape index (κ3) is 3.12. The number of hydrogen-bond acceptors (Lipinski definition) is 2. The monoisotopic (exact) mass is 247 g/mol. The summed E-state index contributed by atoms with van der Waals surface area (Å²) in [5, 5.41) is 13.7. The molecule has 0 spiro atoms. The summed E-state index contributed by atoms with van der Waals surface area (Å²) in [7, 11) is 0. The lowest BCUT2D eigenvalue weighted by atomic mass is 9.88. The molecule has 1 aliphatic rings. The van der Waals surface area contributed by atoms with Gasteiger partial charge in [-0.25, -0.2) is 0 Å². The van der Waals surface area contributed by atoms with E-state index >= 15 is 0 Å². The maximum atomic E-state index is 10.4. The average Bonchev–Trinajstić information content (AvgIpc) is 2.36. The Labute approximate surface area is 110 Å². The Morgan fingerprint density at radius 3 is 2.39 bits per heavy atom. The Hall–Kier alpha value is -0.860. The number of aryl methyl sites for hydroxylation is 2. The van der Waals surface area contributed by atoms with Crippen LogP contribution >= 0.6 is 0 Å². The van der Waals surface area contributed by atoms with Crippen molar-refractivity contribution in [3.8, 4) is 0 Å². The summed E-state index contributed by atoms with van der Waals surface area (Å²) in [5.74, 6) is 0. The molecule has 2 N–H and O–H groups in total. The Morgan fingerprint density at radius 1 is 1.06 bits per heavy atom. The molecule has 0 unspecified atom stereocenters. The second-order valence-corrected chi connectivity index (χ2v) is 5.79. The lowest BCUT2D eigenvalue weighted by Gasteiger charge is -2.24. The van der Waals surface area contributed by atoms with E-state index in [-0.39, 0.29) is 6.04 Å². The topological polar surface area (TPSA) is 32.3 Å².